The molecule has 0 bridgehead atoms. The molecule has 1 atom stereocenters. The second-order valence-electron chi connectivity index (χ2n) is 2.47. The molecule has 1 unspecified atom stereocenters. The van der Waals surface area contributed by atoms with Gasteiger partial charge in [-0.3, -0.25) is 0 Å². The van der Waals surface area contributed by atoms with Gasteiger partial charge in [0, 0.05) is 12.8 Å². The molecule has 0 aromatic heterocycles. The molecule has 0 aliphatic rings. The smallest absolute Gasteiger partial charge is 0.0104 e. The molecule has 4 N–H and O–H groups in total. The van der Waals surface area contributed by atoms with Crippen molar-refractivity contribution in [3.8, 4) is 0 Å². The fourth-order valence-corrected chi connectivity index (χ4v) is 1.05. The van der Waals surface area contributed by atoms with Crippen molar-refractivity contribution in [2.75, 3.05) is 12.8 Å². The Morgan fingerprint density at radius 3 is 2.00 bits per heavy atom. The fraction of sp³-hybridized carbons (Fsp3) is 1.00. The molecule has 8 heavy (non-hydrogen) atoms. The molecule has 0 aromatic rings. The summed E-state index contributed by atoms with van der Waals surface area (Å²) in [4.78, 5) is 0. The highest BCUT2D eigenvalue weighted by molar-refractivity contribution is 7.39. The van der Waals surface area contributed by atoms with Crippen molar-refractivity contribution in [2.24, 2.45) is 11.5 Å². The van der Waals surface area contributed by atoms with Crippen LogP contribution in [0.25, 0.3) is 0 Å². The van der Waals surface area contributed by atoms with Gasteiger partial charge in [0.15, 0.2) is 0 Å². The molecule has 0 rings (SSSR count). The molecular formula is C5H15N2P. The SMILES string of the molecule is CC(C)(CN)PCN. The van der Waals surface area contributed by atoms with Gasteiger partial charge in [-0.25, -0.2) is 0 Å². The molecule has 0 amide bonds. The number of rotatable bonds is 3. The molecule has 0 spiro atoms. The van der Waals surface area contributed by atoms with Crippen molar-refractivity contribution in [1.82, 2.24) is 0 Å². The van der Waals surface area contributed by atoms with Crippen LogP contribution < -0.4 is 11.5 Å². The standard InChI is InChI=1S/C5H15N2P/c1-5(2,3-6)8-4-7/h8H,3-4,6-7H2,1-2H3. The lowest BCUT2D eigenvalue weighted by Crippen LogP contribution is -2.26. The van der Waals surface area contributed by atoms with Gasteiger partial charge in [-0.2, -0.15) is 0 Å². The van der Waals surface area contributed by atoms with E-state index in [1.54, 1.807) is 0 Å². The quantitative estimate of drug-likeness (QED) is 0.546. The molecule has 0 saturated heterocycles. The third kappa shape index (κ3) is 3.36. The van der Waals surface area contributed by atoms with Crippen molar-refractivity contribution in [2.45, 2.75) is 19.0 Å². The predicted octanol–water partition coefficient (Wildman–Crippen LogP) is 0.318. The zero-order chi connectivity index (χ0) is 6.62. The number of hydrogen-bond acceptors (Lipinski definition) is 2. The van der Waals surface area contributed by atoms with Crippen molar-refractivity contribution < 1.29 is 0 Å². The zero-order valence-electron chi connectivity index (χ0n) is 5.57. The molecule has 2 nitrogen and oxygen atoms in total. The van der Waals surface area contributed by atoms with E-state index < -0.39 is 0 Å². The monoisotopic (exact) mass is 134 g/mol. The van der Waals surface area contributed by atoms with E-state index in [0.29, 0.717) is 0 Å². The number of hydrogen-bond donors (Lipinski definition) is 2. The highest BCUT2D eigenvalue weighted by Gasteiger charge is 2.12. The van der Waals surface area contributed by atoms with Crippen molar-refractivity contribution in [3.05, 3.63) is 0 Å². The van der Waals surface area contributed by atoms with E-state index in [0.717, 1.165) is 21.4 Å². The van der Waals surface area contributed by atoms with Crippen LogP contribution in [-0.2, 0) is 0 Å². The van der Waals surface area contributed by atoms with E-state index in [2.05, 4.69) is 13.8 Å². The van der Waals surface area contributed by atoms with Crippen LogP contribution >= 0.6 is 8.58 Å². The Morgan fingerprint density at radius 1 is 1.38 bits per heavy atom. The van der Waals surface area contributed by atoms with Crippen LogP contribution in [0.5, 0.6) is 0 Å². The average molecular weight is 134 g/mol. The minimum absolute atomic E-state index is 0.273. The van der Waals surface area contributed by atoms with Gasteiger partial charge in [0.2, 0.25) is 0 Å². The maximum Gasteiger partial charge on any atom is 0.0104 e. The third-order valence-corrected chi connectivity index (χ3v) is 2.46. The minimum Gasteiger partial charge on any atom is -0.330 e. The van der Waals surface area contributed by atoms with E-state index in [9.17, 15) is 0 Å². The van der Waals surface area contributed by atoms with Gasteiger partial charge in [0.05, 0.1) is 0 Å². The summed E-state index contributed by atoms with van der Waals surface area (Å²) in [6, 6.07) is 0. The van der Waals surface area contributed by atoms with Crippen LogP contribution in [0.1, 0.15) is 13.8 Å². The van der Waals surface area contributed by atoms with Crippen LogP contribution in [0.15, 0.2) is 0 Å². The van der Waals surface area contributed by atoms with E-state index in [-0.39, 0.29) is 5.16 Å². The van der Waals surface area contributed by atoms with E-state index in [4.69, 9.17) is 11.5 Å². The second-order valence-corrected chi connectivity index (χ2v) is 4.58. The lowest BCUT2D eigenvalue weighted by atomic mass is 10.2. The first kappa shape index (κ1) is 8.35. The summed E-state index contributed by atoms with van der Waals surface area (Å²) in [7, 11) is 0.794. The van der Waals surface area contributed by atoms with Gasteiger partial charge in [-0.15, -0.1) is 8.58 Å². The van der Waals surface area contributed by atoms with Crippen LogP contribution in [0.2, 0.25) is 0 Å². The maximum absolute atomic E-state index is 5.44. The summed E-state index contributed by atoms with van der Waals surface area (Å²) >= 11 is 0. The van der Waals surface area contributed by atoms with E-state index >= 15 is 0 Å². The van der Waals surface area contributed by atoms with Gasteiger partial charge in [0.1, 0.15) is 0 Å². The Balaban J connectivity index is 3.37. The summed E-state index contributed by atoms with van der Waals surface area (Å²) in [5.74, 6) is 0. The molecule has 0 radical (unpaired) electrons. The summed E-state index contributed by atoms with van der Waals surface area (Å²) in [6.07, 6.45) is 0.768. The van der Waals surface area contributed by atoms with Crippen LogP contribution in [-0.4, -0.2) is 18.0 Å². The molecule has 0 aliphatic carbocycles. The van der Waals surface area contributed by atoms with Crippen LogP contribution in [0.4, 0.5) is 0 Å². The highest BCUT2D eigenvalue weighted by atomic mass is 31.1. The number of nitrogens with two attached hydrogens (primary N) is 2. The third-order valence-electron chi connectivity index (χ3n) is 1.09. The molecule has 0 aliphatic heterocycles. The van der Waals surface area contributed by atoms with Crippen molar-refractivity contribution in [3.63, 3.8) is 0 Å². The lowest BCUT2D eigenvalue weighted by Gasteiger charge is -2.20. The van der Waals surface area contributed by atoms with Gasteiger partial charge in [0.25, 0.3) is 0 Å². The Hall–Kier alpha value is 0.350. The predicted molar refractivity (Wildman–Crippen MR) is 40.5 cm³/mol. The normalized spacial score (nSPS) is 13.5. The Labute approximate surface area is 52.8 Å². The van der Waals surface area contributed by atoms with Crippen molar-refractivity contribution in [1.29, 1.82) is 0 Å². The topological polar surface area (TPSA) is 52.0 Å². The molecule has 0 fully saturated rings. The molecule has 0 heterocycles. The summed E-state index contributed by atoms with van der Waals surface area (Å²) in [6.45, 7) is 5.01. The van der Waals surface area contributed by atoms with Gasteiger partial charge in [-0.1, -0.05) is 13.8 Å². The largest absolute Gasteiger partial charge is 0.330 e. The first-order valence-electron chi connectivity index (χ1n) is 2.77. The second kappa shape index (κ2) is 3.39. The molecule has 0 saturated carbocycles. The van der Waals surface area contributed by atoms with Crippen LogP contribution in [0, 0.1) is 0 Å². The summed E-state index contributed by atoms with van der Waals surface area (Å²) in [5.41, 5.74) is 10.8. The molecule has 50 valence electrons. The fourth-order valence-electron chi connectivity index (χ4n) is 0.348. The Morgan fingerprint density at radius 2 is 1.88 bits per heavy atom. The first-order valence-corrected chi connectivity index (χ1v) is 3.98. The maximum atomic E-state index is 5.44. The molecule has 3 heteroatoms. The average Bonchev–Trinajstić information content (AvgIpc) is 1.67. The van der Waals surface area contributed by atoms with Crippen LogP contribution in [0.3, 0.4) is 0 Å². The van der Waals surface area contributed by atoms with Crippen molar-refractivity contribution >= 4 is 8.58 Å². The first-order chi connectivity index (χ1) is 3.62. The Bertz CT molecular complexity index is 63.4. The molecule has 0 aromatic carbocycles. The molecular weight excluding hydrogens is 119 g/mol. The lowest BCUT2D eigenvalue weighted by molar-refractivity contribution is 0.715. The summed E-state index contributed by atoms with van der Waals surface area (Å²) < 4.78 is 0. The summed E-state index contributed by atoms with van der Waals surface area (Å²) in [5, 5.41) is 0.273. The zero-order valence-corrected chi connectivity index (χ0v) is 6.57. The van der Waals surface area contributed by atoms with E-state index in [1.807, 2.05) is 0 Å². The van der Waals surface area contributed by atoms with E-state index in [1.165, 1.54) is 0 Å². The van der Waals surface area contributed by atoms with Gasteiger partial charge >= 0.3 is 0 Å². The highest BCUT2D eigenvalue weighted by Crippen LogP contribution is 2.27. The Kier molecular flexibility index (Phi) is 3.54. The minimum atomic E-state index is 0.273. The van der Waals surface area contributed by atoms with Gasteiger partial charge in [-0.05, 0) is 5.16 Å². The van der Waals surface area contributed by atoms with Gasteiger partial charge < -0.3 is 11.5 Å².